The van der Waals surface area contributed by atoms with Crippen LogP contribution in [0.4, 0.5) is 0 Å². The largest absolute Gasteiger partial charge is 0.376 e. The third kappa shape index (κ3) is 1.25. The quantitative estimate of drug-likeness (QED) is 0.535. The molecule has 1 saturated heterocycles. The van der Waals surface area contributed by atoms with Gasteiger partial charge in [-0.25, -0.2) is 0 Å². The molecule has 0 saturated carbocycles. The number of epoxide rings is 1. The smallest absolute Gasteiger partial charge is 0.110 e. The Balaban J connectivity index is 2.43. The predicted molar refractivity (Wildman–Crippen MR) is 35.4 cm³/mol. The molecule has 2 nitrogen and oxygen atoms in total. The molecule has 0 N–H and O–H groups in total. The lowest BCUT2D eigenvalue weighted by molar-refractivity contribution is -0.0196. The van der Waals surface area contributed by atoms with Crippen LogP contribution in [0.2, 0.25) is 0 Å². The lowest BCUT2D eigenvalue weighted by Gasteiger charge is -2.23. The summed E-state index contributed by atoms with van der Waals surface area (Å²) in [6, 6.07) is 0. The van der Waals surface area contributed by atoms with Crippen molar-refractivity contribution in [1.29, 1.82) is 0 Å². The molecule has 0 amide bonds. The molecule has 2 atom stereocenters. The Morgan fingerprint density at radius 3 is 2.44 bits per heavy atom. The highest BCUT2D eigenvalue weighted by Gasteiger charge is 2.41. The van der Waals surface area contributed by atoms with E-state index in [2.05, 4.69) is 13.8 Å². The van der Waals surface area contributed by atoms with Gasteiger partial charge in [0.1, 0.15) is 6.10 Å². The third-order valence-electron chi connectivity index (χ3n) is 2.18. The van der Waals surface area contributed by atoms with E-state index >= 15 is 0 Å². The van der Waals surface area contributed by atoms with E-state index in [4.69, 9.17) is 9.47 Å². The molecular weight excluding hydrogens is 116 g/mol. The molecule has 9 heavy (non-hydrogen) atoms. The SMILES string of the molecule is CCC(C)(OC)C1CO1. The van der Waals surface area contributed by atoms with Crippen molar-refractivity contribution in [3.05, 3.63) is 0 Å². The highest BCUT2D eigenvalue weighted by molar-refractivity contribution is 4.90. The van der Waals surface area contributed by atoms with E-state index in [1.54, 1.807) is 7.11 Å². The molecule has 0 aromatic rings. The van der Waals surface area contributed by atoms with Gasteiger partial charge in [0.2, 0.25) is 0 Å². The third-order valence-corrected chi connectivity index (χ3v) is 2.18. The molecule has 0 aliphatic carbocycles. The van der Waals surface area contributed by atoms with Crippen LogP contribution in [0.25, 0.3) is 0 Å². The Hall–Kier alpha value is -0.0800. The molecule has 1 fully saturated rings. The minimum Gasteiger partial charge on any atom is -0.376 e. The second-order valence-corrected chi connectivity index (χ2v) is 2.69. The van der Waals surface area contributed by atoms with Crippen molar-refractivity contribution in [3.63, 3.8) is 0 Å². The summed E-state index contributed by atoms with van der Waals surface area (Å²) in [5, 5.41) is 0. The molecule has 1 aliphatic rings. The monoisotopic (exact) mass is 130 g/mol. The average Bonchev–Trinajstić information content (AvgIpc) is 2.68. The van der Waals surface area contributed by atoms with Gasteiger partial charge in [0, 0.05) is 7.11 Å². The van der Waals surface area contributed by atoms with E-state index in [-0.39, 0.29) is 5.60 Å². The number of methoxy groups -OCH3 is 1. The summed E-state index contributed by atoms with van der Waals surface area (Å²) in [6.45, 7) is 5.08. The van der Waals surface area contributed by atoms with Gasteiger partial charge in [0.05, 0.1) is 12.2 Å². The minimum atomic E-state index is -0.0278. The molecule has 0 radical (unpaired) electrons. The number of ether oxygens (including phenoxy) is 2. The van der Waals surface area contributed by atoms with Crippen molar-refractivity contribution in [2.24, 2.45) is 0 Å². The zero-order valence-corrected chi connectivity index (χ0v) is 6.31. The van der Waals surface area contributed by atoms with Crippen molar-refractivity contribution in [3.8, 4) is 0 Å². The standard InChI is InChI=1S/C7H14O2/c1-4-7(2,8-3)6-5-9-6/h6H,4-5H2,1-3H3. The van der Waals surface area contributed by atoms with Crippen molar-refractivity contribution in [1.82, 2.24) is 0 Å². The van der Waals surface area contributed by atoms with Gasteiger partial charge in [0.25, 0.3) is 0 Å². The van der Waals surface area contributed by atoms with Crippen LogP contribution in [0, 0.1) is 0 Å². The molecule has 54 valence electrons. The fraction of sp³-hybridized carbons (Fsp3) is 1.00. The van der Waals surface area contributed by atoms with E-state index in [0.29, 0.717) is 6.10 Å². The number of hydrogen-bond acceptors (Lipinski definition) is 2. The first-order valence-electron chi connectivity index (χ1n) is 3.39. The maximum Gasteiger partial charge on any atom is 0.110 e. The number of rotatable bonds is 3. The van der Waals surface area contributed by atoms with Crippen LogP contribution in [0.1, 0.15) is 20.3 Å². The van der Waals surface area contributed by atoms with E-state index in [1.165, 1.54) is 0 Å². The summed E-state index contributed by atoms with van der Waals surface area (Å²) in [5.74, 6) is 0. The average molecular weight is 130 g/mol. The van der Waals surface area contributed by atoms with Gasteiger partial charge < -0.3 is 9.47 Å². The first-order chi connectivity index (χ1) is 4.23. The van der Waals surface area contributed by atoms with Crippen LogP contribution < -0.4 is 0 Å². The molecule has 1 aliphatic heterocycles. The fourth-order valence-electron chi connectivity index (χ4n) is 0.904. The molecule has 1 heterocycles. The van der Waals surface area contributed by atoms with E-state index in [9.17, 15) is 0 Å². The molecular formula is C7H14O2. The minimum absolute atomic E-state index is 0.0278. The first-order valence-corrected chi connectivity index (χ1v) is 3.39. The van der Waals surface area contributed by atoms with Crippen LogP contribution in [0.3, 0.4) is 0 Å². The zero-order chi connectivity index (χ0) is 6.91. The van der Waals surface area contributed by atoms with Gasteiger partial charge in [0.15, 0.2) is 0 Å². The van der Waals surface area contributed by atoms with E-state index in [0.717, 1.165) is 13.0 Å². The van der Waals surface area contributed by atoms with Gasteiger partial charge in [-0.2, -0.15) is 0 Å². The van der Waals surface area contributed by atoms with Crippen LogP contribution in [0.15, 0.2) is 0 Å². The van der Waals surface area contributed by atoms with Crippen molar-refractivity contribution >= 4 is 0 Å². The molecule has 0 aromatic carbocycles. The second-order valence-electron chi connectivity index (χ2n) is 2.69. The maximum absolute atomic E-state index is 5.29. The summed E-state index contributed by atoms with van der Waals surface area (Å²) in [7, 11) is 1.74. The van der Waals surface area contributed by atoms with Crippen molar-refractivity contribution < 1.29 is 9.47 Å². The van der Waals surface area contributed by atoms with E-state index < -0.39 is 0 Å². The molecule has 2 heteroatoms. The summed E-state index contributed by atoms with van der Waals surface area (Å²) < 4.78 is 10.4. The van der Waals surface area contributed by atoms with Gasteiger partial charge in [-0.3, -0.25) is 0 Å². The summed E-state index contributed by atoms with van der Waals surface area (Å²) in [4.78, 5) is 0. The Bertz CT molecular complexity index is 93.1. The molecule has 0 bridgehead atoms. The predicted octanol–water partition coefficient (Wildman–Crippen LogP) is 1.20. The zero-order valence-electron chi connectivity index (χ0n) is 6.31. The second kappa shape index (κ2) is 2.27. The Kier molecular flexibility index (Phi) is 1.78. The van der Waals surface area contributed by atoms with Gasteiger partial charge in [-0.1, -0.05) is 6.92 Å². The molecule has 0 spiro atoms. The topological polar surface area (TPSA) is 21.8 Å². The Morgan fingerprint density at radius 2 is 2.33 bits per heavy atom. The molecule has 0 aromatic heterocycles. The first kappa shape index (κ1) is 7.03. The Morgan fingerprint density at radius 1 is 1.78 bits per heavy atom. The van der Waals surface area contributed by atoms with Gasteiger partial charge in [-0.05, 0) is 13.3 Å². The van der Waals surface area contributed by atoms with Gasteiger partial charge >= 0.3 is 0 Å². The summed E-state index contributed by atoms with van der Waals surface area (Å²) in [6.07, 6.45) is 1.38. The number of hydrogen-bond donors (Lipinski definition) is 0. The molecule has 1 rings (SSSR count). The van der Waals surface area contributed by atoms with Crippen LogP contribution in [0.5, 0.6) is 0 Å². The lowest BCUT2D eigenvalue weighted by Crippen LogP contribution is -2.32. The van der Waals surface area contributed by atoms with Crippen LogP contribution in [-0.4, -0.2) is 25.4 Å². The summed E-state index contributed by atoms with van der Waals surface area (Å²) in [5.41, 5.74) is -0.0278. The van der Waals surface area contributed by atoms with Gasteiger partial charge in [-0.15, -0.1) is 0 Å². The lowest BCUT2D eigenvalue weighted by atomic mass is 10.00. The van der Waals surface area contributed by atoms with Crippen LogP contribution in [-0.2, 0) is 9.47 Å². The highest BCUT2D eigenvalue weighted by Crippen LogP contribution is 2.29. The normalized spacial score (nSPS) is 31.7. The fourth-order valence-corrected chi connectivity index (χ4v) is 0.904. The maximum atomic E-state index is 5.29. The molecule has 2 unspecified atom stereocenters. The summed E-state index contributed by atoms with van der Waals surface area (Å²) >= 11 is 0. The highest BCUT2D eigenvalue weighted by atomic mass is 16.6. The Labute approximate surface area is 56.2 Å². The van der Waals surface area contributed by atoms with Crippen molar-refractivity contribution in [2.45, 2.75) is 32.0 Å². The van der Waals surface area contributed by atoms with Crippen LogP contribution >= 0.6 is 0 Å². The van der Waals surface area contributed by atoms with Crippen molar-refractivity contribution in [2.75, 3.05) is 13.7 Å². The van der Waals surface area contributed by atoms with E-state index in [1.807, 2.05) is 0 Å².